The van der Waals surface area contributed by atoms with Gasteiger partial charge in [0, 0.05) is 28.0 Å². The van der Waals surface area contributed by atoms with Crippen LogP contribution < -0.4 is 10.6 Å². The molecule has 3 aromatic rings. The largest absolute Gasteiger partial charge is 0.344 e. The van der Waals surface area contributed by atoms with Gasteiger partial charge in [0.15, 0.2) is 0 Å². The first-order valence-corrected chi connectivity index (χ1v) is 9.18. The number of hydrogen-bond donors (Lipinski definition) is 2. The predicted octanol–water partition coefficient (Wildman–Crippen LogP) is 5.31. The number of fused-ring (bicyclic) bond motifs is 1. The van der Waals surface area contributed by atoms with E-state index in [2.05, 4.69) is 22.2 Å². The van der Waals surface area contributed by atoms with Gasteiger partial charge in [-0.25, -0.2) is 14.4 Å². The molecule has 1 atom stereocenters. The van der Waals surface area contributed by atoms with Gasteiger partial charge in [0.2, 0.25) is 0 Å². The molecule has 4 nitrogen and oxygen atoms in total. The fraction of sp³-hybridized carbons (Fsp3) is 0.0909. The minimum Gasteiger partial charge on any atom is -0.344 e. The number of benzene rings is 2. The number of amidine groups is 1. The first-order chi connectivity index (χ1) is 13.5. The Labute approximate surface area is 167 Å². The molecule has 0 radical (unpaired) electrons. The highest BCUT2D eigenvalue weighted by Gasteiger charge is 2.24. The normalized spacial score (nSPS) is 15.2. The van der Waals surface area contributed by atoms with E-state index in [1.807, 2.05) is 42.5 Å². The van der Waals surface area contributed by atoms with Crippen molar-refractivity contribution < 1.29 is 4.39 Å². The Morgan fingerprint density at radius 3 is 2.79 bits per heavy atom. The fourth-order valence-corrected chi connectivity index (χ4v) is 3.40. The summed E-state index contributed by atoms with van der Waals surface area (Å²) in [6.07, 6.45) is 1.31. The number of rotatable bonds is 3. The van der Waals surface area contributed by atoms with Gasteiger partial charge in [-0.15, -0.1) is 0 Å². The SMILES string of the molecule is C=C(NC1=NC(c2ccccc2Cl)Nc2ncccc21)c1cccc(F)c1C. The summed E-state index contributed by atoms with van der Waals surface area (Å²) in [5.41, 5.74) is 3.43. The molecule has 0 spiro atoms. The maximum Gasteiger partial charge on any atom is 0.149 e. The van der Waals surface area contributed by atoms with Crippen LogP contribution in [0.4, 0.5) is 10.2 Å². The van der Waals surface area contributed by atoms with Crippen LogP contribution in [0.3, 0.4) is 0 Å². The first kappa shape index (κ1) is 18.2. The summed E-state index contributed by atoms with van der Waals surface area (Å²) in [5, 5.41) is 7.16. The van der Waals surface area contributed by atoms with E-state index in [4.69, 9.17) is 16.6 Å². The van der Waals surface area contributed by atoms with Crippen LogP contribution in [-0.2, 0) is 0 Å². The van der Waals surface area contributed by atoms with E-state index in [1.54, 1.807) is 19.2 Å². The average molecular weight is 393 g/mol. The van der Waals surface area contributed by atoms with Crippen molar-refractivity contribution in [3.8, 4) is 0 Å². The molecule has 1 aliphatic rings. The van der Waals surface area contributed by atoms with Gasteiger partial charge >= 0.3 is 0 Å². The molecular formula is C22H18ClFN4. The highest BCUT2D eigenvalue weighted by atomic mass is 35.5. The van der Waals surface area contributed by atoms with Crippen LogP contribution in [0.15, 0.2) is 72.4 Å². The van der Waals surface area contributed by atoms with E-state index in [0.717, 1.165) is 11.1 Å². The third-order valence-corrected chi connectivity index (χ3v) is 5.00. The Kier molecular flexibility index (Phi) is 4.84. The lowest BCUT2D eigenvalue weighted by Gasteiger charge is -2.26. The number of halogens is 2. The zero-order chi connectivity index (χ0) is 19.7. The molecular weight excluding hydrogens is 375 g/mol. The van der Waals surface area contributed by atoms with Gasteiger partial charge < -0.3 is 10.6 Å². The molecule has 0 bridgehead atoms. The maximum absolute atomic E-state index is 14.0. The third-order valence-electron chi connectivity index (χ3n) is 4.66. The molecule has 0 aliphatic carbocycles. The molecule has 1 aliphatic heterocycles. The lowest BCUT2D eigenvalue weighted by atomic mass is 10.0. The van der Waals surface area contributed by atoms with Crippen molar-refractivity contribution in [1.82, 2.24) is 10.3 Å². The topological polar surface area (TPSA) is 49.3 Å². The van der Waals surface area contributed by atoms with Gasteiger partial charge in [0.1, 0.15) is 23.6 Å². The molecule has 28 heavy (non-hydrogen) atoms. The molecule has 2 aromatic carbocycles. The summed E-state index contributed by atoms with van der Waals surface area (Å²) in [4.78, 5) is 9.21. The van der Waals surface area contributed by atoms with Crippen molar-refractivity contribution in [1.29, 1.82) is 0 Å². The smallest absolute Gasteiger partial charge is 0.149 e. The van der Waals surface area contributed by atoms with Gasteiger partial charge in [-0.3, -0.25) is 0 Å². The number of aromatic nitrogens is 1. The molecule has 0 fully saturated rings. The zero-order valence-corrected chi connectivity index (χ0v) is 16.0. The van der Waals surface area contributed by atoms with Crippen molar-refractivity contribution in [3.05, 3.63) is 100 Å². The van der Waals surface area contributed by atoms with E-state index < -0.39 is 6.17 Å². The number of anilines is 1. The standard InChI is InChI=1S/C22H18ClFN4/c1-13-15(8-5-11-19(13)24)14(2)26-22-17-9-6-12-25-20(17)27-21(28-22)16-7-3-4-10-18(16)23/h3-12,21H,2H2,1H3,(H,25,27)(H,26,28). The second-order valence-electron chi connectivity index (χ2n) is 6.46. The highest BCUT2D eigenvalue weighted by molar-refractivity contribution is 6.31. The minimum atomic E-state index is -0.403. The number of pyridine rings is 1. The van der Waals surface area contributed by atoms with E-state index in [9.17, 15) is 4.39 Å². The molecule has 0 saturated heterocycles. The number of aliphatic imine (C=N–C) groups is 1. The molecule has 4 rings (SSSR count). The number of nitrogens with one attached hydrogen (secondary N) is 2. The van der Waals surface area contributed by atoms with E-state index in [1.165, 1.54) is 6.07 Å². The zero-order valence-electron chi connectivity index (χ0n) is 15.2. The van der Waals surface area contributed by atoms with Crippen molar-refractivity contribution >= 4 is 29.0 Å². The van der Waals surface area contributed by atoms with Crippen LogP contribution in [-0.4, -0.2) is 10.8 Å². The second-order valence-corrected chi connectivity index (χ2v) is 6.87. The molecule has 1 aromatic heterocycles. The molecule has 0 amide bonds. The molecule has 0 saturated carbocycles. The molecule has 2 N–H and O–H groups in total. The van der Waals surface area contributed by atoms with Crippen molar-refractivity contribution in [2.24, 2.45) is 4.99 Å². The second kappa shape index (κ2) is 7.44. The monoisotopic (exact) mass is 392 g/mol. The molecule has 140 valence electrons. The Hall–Kier alpha value is -3.18. The first-order valence-electron chi connectivity index (χ1n) is 8.80. The summed E-state index contributed by atoms with van der Waals surface area (Å²) < 4.78 is 14.0. The van der Waals surface area contributed by atoms with Gasteiger partial charge in [-0.1, -0.05) is 48.5 Å². The average Bonchev–Trinajstić information content (AvgIpc) is 2.70. The third kappa shape index (κ3) is 3.37. The summed E-state index contributed by atoms with van der Waals surface area (Å²) >= 11 is 6.36. The van der Waals surface area contributed by atoms with E-state index >= 15 is 0 Å². The van der Waals surface area contributed by atoms with Gasteiger partial charge in [0.25, 0.3) is 0 Å². The summed E-state index contributed by atoms with van der Waals surface area (Å²) in [6, 6.07) is 16.2. The van der Waals surface area contributed by atoms with Crippen molar-refractivity contribution in [2.75, 3.05) is 5.32 Å². The van der Waals surface area contributed by atoms with Crippen molar-refractivity contribution in [2.45, 2.75) is 13.1 Å². The van der Waals surface area contributed by atoms with Crippen LogP contribution in [0.1, 0.15) is 28.4 Å². The molecule has 6 heteroatoms. The molecule has 2 heterocycles. The highest BCUT2D eigenvalue weighted by Crippen LogP contribution is 2.32. The summed E-state index contributed by atoms with van der Waals surface area (Å²) in [7, 11) is 0. The Morgan fingerprint density at radius 2 is 1.96 bits per heavy atom. The van der Waals surface area contributed by atoms with Gasteiger partial charge in [-0.05, 0) is 36.8 Å². The maximum atomic E-state index is 14.0. The van der Waals surface area contributed by atoms with Crippen molar-refractivity contribution in [3.63, 3.8) is 0 Å². The Morgan fingerprint density at radius 1 is 1.14 bits per heavy atom. The van der Waals surface area contributed by atoms with E-state index in [-0.39, 0.29) is 5.82 Å². The van der Waals surface area contributed by atoms with Crippen LogP contribution >= 0.6 is 11.6 Å². The molecule has 1 unspecified atom stereocenters. The summed E-state index contributed by atoms with van der Waals surface area (Å²) in [6.45, 7) is 5.81. The summed E-state index contributed by atoms with van der Waals surface area (Å²) in [5.74, 6) is 1.01. The Bertz CT molecular complexity index is 1090. The Balaban J connectivity index is 1.73. The van der Waals surface area contributed by atoms with Crippen LogP contribution in [0.2, 0.25) is 5.02 Å². The lowest BCUT2D eigenvalue weighted by Crippen LogP contribution is -2.30. The van der Waals surface area contributed by atoms with Crippen LogP contribution in [0, 0.1) is 12.7 Å². The number of nitrogens with zero attached hydrogens (tertiary/aromatic N) is 2. The minimum absolute atomic E-state index is 0.274. The predicted molar refractivity (Wildman–Crippen MR) is 112 cm³/mol. The van der Waals surface area contributed by atoms with Gasteiger partial charge in [0.05, 0.1) is 5.56 Å². The van der Waals surface area contributed by atoms with Crippen LogP contribution in [0.5, 0.6) is 0 Å². The quantitative estimate of drug-likeness (QED) is 0.634. The van der Waals surface area contributed by atoms with Gasteiger partial charge in [-0.2, -0.15) is 0 Å². The van der Waals surface area contributed by atoms with Crippen LogP contribution in [0.25, 0.3) is 5.70 Å². The number of hydrogen-bond acceptors (Lipinski definition) is 4. The lowest BCUT2D eigenvalue weighted by molar-refractivity contribution is 0.618. The van der Waals surface area contributed by atoms with E-state index in [0.29, 0.717) is 33.5 Å². The fourth-order valence-electron chi connectivity index (χ4n) is 3.16.